The predicted octanol–water partition coefficient (Wildman–Crippen LogP) is 5.48. The van der Waals surface area contributed by atoms with Crippen molar-refractivity contribution >= 4 is 26.3 Å². The summed E-state index contributed by atoms with van der Waals surface area (Å²) in [6, 6.07) is 11.5. The Kier molecular flexibility index (Phi) is 6.39. The molecule has 1 aromatic heterocycles. The fourth-order valence-electron chi connectivity index (χ4n) is 3.95. The first kappa shape index (κ1) is 21.9. The van der Waals surface area contributed by atoms with Gasteiger partial charge in [0.05, 0.1) is 10.9 Å². The van der Waals surface area contributed by atoms with E-state index in [1.807, 2.05) is 10.3 Å². The van der Waals surface area contributed by atoms with Crippen LogP contribution in [0.5, 0.6) is 0 Å². The summed E-state index contributed by atoms with van der Waals surface area (Å²) in [5.41, 5.74) is 3.25. The van der Waals surface area contributed by atoms with Gasteiger partial charge < -0.3 is 4.90 Å². The maximum absolute atomic E-state index is 14.0. The van der Waals surface area contributed by atoms with Crippen molar-refractivity contribution in [3.8, 4) is 11.3 Å². The third-order valence-corrected chi connectivity index (χ3v) is 8.84. The van der Waals surface area contributed by atoms with Crippen LogP contribution in [-0.4, -0.2) is 31.7 Å². The number of rotatable bonds is 6. The monoisotopic (exact) mass is 462 g/mol. The predicted molar refractivity (Wildman–Crippen MR) is 120 cm³/mol. The lowest BCUT2D eigenvalue weighted by molar-refractivity contribution is 0.497. The molecule has 4 rings (SSSR count). The molecule has 31 heavy (non-hydrogen) atoms. The fourth-order valence-corrected chi connectivity index (χ4v) is 6.68. The average Bonchev–Trinajstić information content (AvgIpc) is 3.25. The topological polar surface area (TPSA) is 50.3 Å². The minimum Gasteiger partial charge on any atom is -0.348 e. The number of sulfone groups is 1. The number of aromatic nitrogens is 1. The van der Waals surface area contributed by atoms with E-state index < -0.39 is 31.6 Å². The van der Waals surface area contributed by atoms with Crippen LogP contribution in [0.25, 0.3) is 11.3 Å². The third-order valence-electron chi connectivity index (χ3n) is 5.64. The van der Waals surface area contributed by atoms with Gasteiger partial charge in [-0.15, -0.1) is 11.3 Å². The zero-order valence-electron chi connectivity index (χ0n) is 17.2. The normalized spacial score (nSPS) is 15.4. The van der Waals surface area contributed by atoms with E-state index in [1.165, 1.54) is 23.0 Å². The van der Waals surface area contributed by atoms with E-state index in [9.17, 15) is 17.2 Å². The number of halogens is 2. The van der Waals surface area contributed by atoms with Crippen LogP contribution in [0, 0.1) is 11.6 Å². The smallest absolute Gasteiger partial charge is 0.187 e. The molecule has 0 atom stereocenters. The second-order valence-electron chi connectivity index (χ2n) is 7.74. The van der Waals surface area contributed by atoms with Gasteiger partial charge in [0.15, 0.2) is 15.0 Å². The lowest BCUT2D eigenvalue weighted by Crippen LogP contribution is -2.39. The van der Waals surface area contributed by atoms with E-state index in [0.29, 0.717) is 25.9 Å². The largest absolute Gasteiger partial charge is 0.348 e. The van der Waals surface area contributed by atoms with Crippen LogP contribution in [0.1, 0.15) is 31.7 Å². The molecule has 2 heterocycles. The first-order valence-electron chi connectivity index (χ1n) is 10.4. The second kappa shape index (κ2) is 9.04. The Morgan fingerprint density at radius 2 is 1.71 bits per heavy atom. The fraction of sp³-hybridized carbons (Fsp3) is 0.348. The highest BCUT2D eigenvalue weighted by Crippen LogP contribution is 2.33. The van der Waals surface area contributed by atoms with Crippen LogP contribution in [0.15, 0.2) is 52.7 Å². The number of anilines is 1. The van der Waals surface area contributed by atoms with Gasteiger partial charge in [-0.25, -0.2) is 22.2 Å². The molecule has 1 saturated heterocycles. The zero-order chi connectivity index (χ0) is 22.0. The molecule has 1 fully saturated rings. The Balaban J connectivity index is 1.45. The van der Waals surface area contributed by atoms with Crippen molar-refractivity contribution in [1.82, 2.24) is 4.98 Å². The molecular weight excluding hydrogens is 438 g/mol. The van der Waals surface area contributed by atoms with Crippen molar-refractivity contribution < 1.29 is 17.2 Å². The quantitative estimate of drug-likeness (QED) is 0.487. The molecule has 3 aromatic rings. The van der Waals surface area contributed by atoms with Gasteiger partial charge in [0, 0.05) is 24.0 Å². The Morgan fingerprint density at radius 3 is 2.32 bits per heavy atom. The lowest BCUT2D eigenvalue weighted by atomic mass is 10.1. The van der Waals surface area contributed by atoms with Gasteiger partial charge in [0.1, 0.15) is 16.5 Å². The number of hydrogen-bond donors (Lipinski definition) is 0. The van der Waals surface area contributed by atoms with E-state index in [0.717, 1.165) is 41.4 Å². The van der Waals surface area contributed by atoms with Gasteiger partial charge in [-0.05, 0) is 37.0 Å². The Morgan fingerprint density at radius 1 is 1.06 bits per heavy atom. The van der Waals surface area contributed by atoms with Crippen molar-refractivity contribution in [3.63, 3.8) is 0 Å². The second-order valence-corrected chi connectivity index (χ2v) is 10.7. The van der Waals surface area contributed by atoms with E-state index in [-0.39, 0.29) is 0 Å². The molecule has 0 radical (unpaired) electrons. The number of piperidine rings is 1. The van der Waals surface area contributed by atoms with Crippen molar-refractivity contribution in [3.05, 3.63) is 65.0 Å². The van der Waals surface area contributed by atoms with Gasteiger partial charge in [0.25, 0.3) is 0 Å². The Hall–Kier alpha value is -2.32. The molecule has 4 nitrogen and oxygen atoms in total. The SMILES string of the molecule is CCCc1ccc(-c2csc(N3CCC(S(=O)(=O)c4c(F)cccc4F)CC3)n2)cc1. The van der Waals surface area contributed by atoms with Gasteiger partial charge in [0.2, 0.25) is 0 Å². The van der Waals surface area contributed by atoms with Crippen molar-refractivity contribution in [2.75, 3.05) is 18.0 Å². The Labute approximate surface area is 185 Å². The van der Waals surface area contributed by atoms with Crippen molar-refractivity contribution in [2.45, 2.75) is 42.8 Å². The first-order valence-corrected chi connectivity index (χ1v) is 12.8. The number of hydrogen-bond acceptors (Lipinski definition) is 5. The summed E-state index contributed by atoms with van der Waals surface area (Å²) < 4.78 is 53.7. The van der Waals surface area contributed by atoms with Gasteiger partial charge in [-0.2, -0.15) is 0 Å². The van der Waals surface area contributed by atoms with E-state index in [1.54, 1.807) is 0 Å². The van der Waals surface area contributed by atoms with E-state index in [2.05, 4.69) is 31.2 Å². The summed E-state index contributed by atoms with van der Waals surface area (Å²) in [4.78, 5) is 5.96. The van der Waals surface area contributed by atoms with Crippen LogP contribution in [-0.2, 0) is 16.3 Å². The third kappa shape index (κ3) is 4.50. The van der Waals surface area contributed by atoms with Gasteiger partial charge in [-0.1, -0.05) is 43.7 Å². The highest BCUT2D eigenvalue weighted by atomic mass is 32.2. The number of benzene rings is 2. The van der Waals surface area contributed by atoms with Gasteiger partial charge in [-0.3, -0.25) is 0 Å². The molecular formula is C23H24F2N2O2S2. The molecule has 0 aliphatic carbocycles. The summed E-state index contributed by atoms with van der Waals surface area (Å²) in [5, 5.41) is 2.03. The van der Waals surface area contributed by atoms with Crippen molar-refractivity contribution in [1.29, 1.82) is 0 Å². The zero-order valence-corrected chi connectivity index (χ0v) is 18.9. The van der Waals surface area contributed by atoms with Crippen LogP contribution in [0.2, 0.25) is 0 Å². The average molecular weight is 463 g/mol. The molecule has 0 N–H and O–H groups in total. The number of aryl methyl sites for hydroxylation is 1. The molecule has 1 aliphatic heterocycles. The molecule has 8 heteroatoms. The molecule has 0 saturated carbocycles. The van der Waals surface area contributed by atoms with E-state index >= 15 is 0 Å². The highest BCUT2D eigenvalue weighted by Gasteiger charge is 2.35. The highest BCUT2D eigenvalue weighted by molar-refractivity contribution is 7.92. The minimum atomic E-state index is -4.07. The van der Waals surface area contributed by atoms with Crippen LogP contribution in [0.4, 0.5) is 13.9 Å². The van der Waals surface area contributed by atoms with Gasteiger partial charge >= 0.3 is 0 Å². The summed E-state index contributed by atoms with van der Waals surface area (Å²) >= 11 is 1.52. The summed E-state index contributed by atoms with van der Waals surface area (Å²) in [5.74, 6) is -2.06. The minimum absolute atomic E-state index is 0.302. The maximum atomic E-state index is 14.0. The molecule has 2 aromatic carbocycles. The summed E-state index contributed by atoms with van der Waals surface area (Å²) in [6.45, 7) is 3.10. The van der Waals surface area contributed by atoms with Crippen molar-refractivity contribution in [2.24, 2.45) is 0 Å². The Bertz CT molecular complexity index is 1130. The molecule has 1 aliphatic rings. The molecule has 164 valence electrons. The molecule has 0 bridgehead atoms. The lowest BCUT2D eigenvalue weighted by Gasteiger charge is -2.31. The first-order chi connectivity index (χ1) is 14.9. The van der Waals surface area contributed by atoms with Crippen LogP contribution in [0.3, 0.4) is 0 Å². The summed E-state index contributed by atoms with van der Waals surface area (Å²) in [6.07, 6.45) is 2.76. The maximum Gasteiger partial charge on any atom is 0.187 e. The van der Waals surface area contributed by atoms with E-state index in [4.69, 9.17) is 4.98 Å². The molecule has 0 unspecified atom stereocenters. The number of thiazole rings is 1. The standard InChI is InChI=1S/C23H24F2N2O2S2/c1-2-4-16-7-9-17(10-8-16)21-15-30-23(26-21)27-13-11-18(12-14-27)31(28,29)22-19(24)5-3-6-20(22)25/h3,5-10,15,18H,2,4,11-14H2,1H3. The molecule has 0 spiro atoms. The number of nitrogens with zero attached hydrogens (tertiary/aromatic N) is 2. The molecule has 0 amide bonds. The van der Waals surface area contributed by atoms with Crippen LogP contribution >= 0.6 is 11.3 Å². The van der Waals surface area contributed by atoms with Crippen LogP contribution < -0.4 is 4.90 Å². The summed E-state index contributed by atoms with van der Waals surface area (Å²) in [7, 11) is -4.07.